The van der Waals surface area contributed by atoms with Gasteiger partial charge in [-0.3, -0.25) is 4.79 Å². The number of para-hydroxylation sites is 1. The van der Waals surface area contributed by atoms with Gasteiger partial charge in [-0.1, -0.05) is 18.2 Å². The minimum absolute atomic E-state index is 0.00136. The van der Waals surface area contributed by atoms with Crippen LogP contribution in [0.25, 0.3) is 10.9 Å². The van der Waals surface area contributed by atoms with Crippen molar-refractivity contribution in [3.63, 3.8) is 0 Å². The topological polar surface area (TPSA) is 43.3 Å². The lowest BCUT2D eigenvalue weighted by Crippen LogP contribution is -2.35. The molecule has 2 rings (SSSR count). The van der Waals surface area contributed by atoms with Gasteiger partial charge in [-0.25, -0.2) is 0 Å². The second-order valence-electron chi connectivity index (χ2n) is 4.50. The smallest absolute Gasteiger partial charge is 0.253 e. The van der Waals surface area contributed by atoms with Gasteiger partial charge in [0, 0.05) is 37.3 Å². The van der Waals surface area contributed by atoms with Crippen molar-refractivity contribution < 1.29 is 9.53 Å². The van der Waals surface area contributed by atoms with Crippen LogP contribution in [0.3, 0.4) is 0 Å². The molecule has 0 radical (unpaired) electrons. The number of aromatic nitrogens is 1. The molecule has 0 saturated heterocycles. The summed E-state index contributed by atoms with van der Waals surface area (Å²) in [4.78, 5) is 12.2. The molecular weight excluding hydrogens is 228 g/mol. The van der Waals surface area contributed by atoms with E-state index in [-0.39, 0.29) is 11.9 Å². The zero-order valence-corrected chi connectivity index (χ0v) is 10.9. The van der Waals surface area contributed by atoms with Gasteiger partial charge < -0.3 is 14.6 Å². The number of aryl methyl sites for hydroxylation is 1. The van der Waals surface area contributed by atoms with E-state index in [1.54, 1.807) is 7.11 Å². The normalized spacial score (nSPS) is 12.6. The van der Waals surface area contributed by atoms with Crippen LogP contribution in [-0.4, -0.2) is 30.2 Å². The Balaban J connectivity index is 2.28. The maximum Gasteiger partial charge on any atom is 0.253 e. The Bertz CT molecular complexity index is 560. The van der Waals surface area contributed by atoms with Gasteiger partial charge in [-0.05, 0) is 13.0 Å². The van der Waals surface area contributed by atoms with Gasteiger partial charge in [0.1, 0.15) is 0 Å². The number of hydrogen-bond donors (Lipinski definition) is 1. The number of carbonyl (C=O) groups is 1. The molecule has 0 spiro atoms. The second kappa shape index (κ2) is 5.23. The predicted molar refractivity (Wildman–Crippen MR) is 71.7 cm³/mol. The summed E-state index contributed by atoms with van der Waals surface area (Å²) in [6, 6.07) is 7.88. The summed E-state index contributed by atoms with van der Waals surface area (Å²) >= 11 is 0. The first-order valence-electron chi connectivity index (χ1n) is 5.97. The average molecular weight is 246 g/mol. The standard InChI is InChI=1S/C14H18N2O2/c1-10(9-18-3)15-14(17)12-8-16(2)13-7-5-4-6-11(12)13/h4-8,10H,9H2,1-3H3,(H,15,17)/t10-/m1/s1. The molecule has 18 heavy (non-hydrogen) atoms. The molecule has 0 saturated carbocycles. The lowest BCUT2D eigenvalue weighted by molar-refractivity contribution is 0.0907. The number of nitrogens with one attached hydrogen (secondary N) is 1. The third-order valence-corrected chi connectivity index (χ3v) is 2.94. The van der Waals surface area contributed by atoms with E-state index < -0.39 is 0 Å². The Hall–Kier alpha value is -1.81. The van der Waals surface area contributed by atoms with Crippen LogP contribution < -0.4 is 5.32 Å². The second-order valence-corrected chi connectivity index (χ2v) is 4.50. The van der Waals surface area contributed by atoms with Crippen molar-refractivity contribution in [2.24, 2.45) is 7.05 Å². The van der Waals surface area contributed by atoms with E-state index in [4.69, 9.17) is 4.74 Å². The zero-order valence-electron chi connectivity index (χ0n) is 10.9. The summed E-state index contributed by atoms with van der Waals surface area (Å²) in [6.45, 7) is 2.43. The van der Waals surface area contributed by atoms with Crippen molar-refractivity contribution >= 4 is 16.8 Å². The first-order valence-corrected chi connectivity index (χ1v) is 5.97. The fourth-order valence-corrected chi connectivity index (χ4v) is 2.12. The number of nitrogens with zero attached hydrogens (tertiary/aromatic N) is 1. The molecule has 0 bridgehead atoms. The van der Waals surface area contributed by atoms with Gasteiger partial charge in [0.05, 0.1) is 12.2 Å². The highest BCUT2D eigenvalue weighted by atomic mass is 16.5. The van der Waals surface area contributed by atoms with E-state index in [9.17, 15) is 4.79 Å². The number of benzene rings is 1. The Kier molecular flexibility index (Phi) is 3.67. The van der Waals surface area contributed by atoms with Crippen molar-refractivity contribution in [1.82, 2.24) is 9.88 Å². The maximum atomic E-state index is 12.2. The van der Waals surface area contributed by atoms with E-state index in [1.165, 1.54) is 0 Å². The number of carbonyl (C=O) groups excluding carboxylic acids is 1. The van der Waals surface area contributed by atoms with Crippen LogP contribution in [0.15, 0.2) is 30.5 Å². The molecule has 1 aromatic heterocycles. The van der Waals surface area contributed by atoms with Crippen LogP contribution in [0.5, 0.6) is 0 Å². The molecule has 2 aromatic rings. The summed E-state index contributed by atoms with van der Waals surface area (Å²) in [5, 5.41) is 3.90. The number of methoxy groups -OCH3 is 1. The number of ether oxygens (including phenoxy) is 1. The Labute approximate surface area is 107 Å². The largest absolute Gasteiger partial charge is 0.383 e. The Morgan fingerprint density at radius 2 is 2.17 bits per heavy atom. The number of fused-ring (bicyclic) bond motifs is 1. The third kappa shape index (κ3) is 2.38. The molecule has 0 unspecified atom stereocenters. The van der Waals surface area contributed by atoms with E-state index >= 15 is 0 Å². The van der Waals surface area contributed by atoms with Crippen molar-refractivity contribution in [2.45, 2.75) is 13.0 Å². The highest BCUT2D eigenvalue weighted by Crippen LogP contribution is 2.20. The molecule has 4 heteroatoms. The highest BCUT2D eigenvalue weighted by molar-refractivity contribution is 6.07. The Morgan fingerprint density at radius 1 is 1.44 bits per heavy atom. The molecule has 4 nitrogen and oxygen atoms in total. The van der Waals surface area contributed by atoms with Gasteiger partial charge in [-0.15, -0.1) is 0 Å². The van der Waals surface area contributed by atoms with Crippen LogP contribution in [0.1, 0.15) is 17.3 Å². The monoisotopic (exact) mass is 246 g/mol. The minimum Gasteiger partial charge on any atom is -0.383 e. The molecule has 1 amide bonds. The molecule has 0 aliphatic rings. The molecule has 1 atom stereocenters. The fourth-order valence-electron chi connectivity index (χ4n) is 2.12. The Morgan fingerprint density at radius 3 is 2.89 bits per heavy atom. The molecule has 96 valence electrons. The third-order valence-electron chi connectivity index (χ3n) is 2.94. The van der Waals surface area contributed by atoms with Crippen LogP contribution in [0.4, 0.5) is 0 Å². The molecule has 0 aliphatic heterocycles. The molecular formula is C14H18N2O2. The van der Waals surface area contributed by atoms with Crippen molar-refractivity contribution in [2.75, 3.05) is 13.7 Å². The van der Waals surface area contributed by atoms with E-state index in [0.717, 1.165) is 10.9 Å². The lowest BCUT2D eigenvalue weighted by atomic mass is 10.1. The average Bonchev–Trinajstić information content (AvgIpc) is 2.68. The van der Waals surface area contributed by atoms with E-state index in [0.29, 0.717) is 12.2 Å². The quantitative estimate of drug-likeness (QED) is 0.896. The number of rotatable bonds is 4. The van der Waals surface area contributed by atoms with Crippen molar-refractivity contribution in [1.29, 1.82) is 0 Å². The van der Waals surface area contributed by atoms with Crippen LogP contribution in [0, 0.1) is 0 Å². The zero-order chi connectivity index (χ0) is 13.1. The predicted octanol–water partition coefficient (Wildman–Crippen LogP) is 1.94. The van der Waals surface area contributed by atoms with Crippen LogP contribution in [0.2, 0.25) is 0 Å². The van der Waals surface area contributed by atoms with E-state index in [2.05, 4.69) is 5.32 Å². The fraction of sp³-hybridized carbons (Fsp3) is 0.357. The molecule has 1 aromatic carbocycles. The van der Waals surface area contributed by atoms with Crippen molar-refractivity contribution in [3.05, 3.63) is 36.0 Å². The van der Waals surface area contributed by atoms with Gasteiger partial charge in [-0.2, -0.15) is 0 Å². The van der Waals surface area contributed by atoms with Gasteiger partial charge in [0.2, 0.25) is 0 Å². The summed E-state index contributed by atoms with van der Waals surface area (Å²) in [7, 11) is 3.57. The van der Waals surface area contributed by atoms with Gasteiger partial charge in [0.25, 0.3) is 5.91 Å². The van der Waals surface area contributed by atoms with Crippen molar-refractivity contribution in [3.8, 4) is 0 Å². The van der Waals surface area contributed by atoms with Crippen LogP contribution >= 0.6 is 0 Å². The minimum atomic E-state index is -0.0589. The van der Waals surface area contributed by atoms with E-state index in [1.807, 2.05) is 49.0 Å². The first kappa shape index (κ1) is 12.6. The summed E-state index contributed by atoms with van der Waals surface area (Å²) in [6.07, 6.45) is 1.86. The SMILES string of the molecule is COC[C@@H](C)NC(=O)c1cn(C)c2ccccc12. The van der Waals surface area contributed by atoms with Gasteiger partial charge >= 0.3 is 0 Å². The lowest BCUT2D eigenvalue weighted by Gasteiger charge is -2.12. The molecule has 0 aliphatic carbocycles. The number of amides is 1. The number of hydrogen-bond acceptors (Lipinski definition) is 2. The summed E-state index contributed by atoms with van der Waals surface area (Å²) < 4.78 is 6.98. The molecule has 1 N–H and O–H groups in total. The summed E-state index contributed by atoms with van der Waals surface area (Å²) in [5.41, 5.74) is 1.76. The van der Waals surface area contributed by atoms with Crippen LogP contribution in [-0.2, 0) is 11.8 Å². The van der Waals surface area contributed by atoms with Gasteiger partial charge in [0.15, 0.2) is 0 Å². The first-order chi connectivity index (χ1) is 8.63. The highest BCUT2D eigenvalue weighted by Gasteiger charge is 2.15. The molecule has 1 heterocycles. The molecule has 0 fully saturated rings. The summed E-state index contributed by atoms with van der Waals surface area (Å²) in [5.74, 6) is -0.0589. The maximum absolute atomic E-state index is 12.2.